The summed E-state index contributed by atoms with van der Waals surface area (Å²) < 4.78 is 9.58. The molecule has 6 heteroatoms. The number of methoxy groups -OCH3 is 2. The van der Waals surface area contributed by atoms with Crippen molar-refractivity contribution >= 4 is 11.9 Å². The van der Waals surface area contributed by atoms with Gasteiger partial charge in [-0.25, -0.2) is 4.79 Å². The molecule has 0 heterocycles. The minimum Gasteiger partial charge on any atom is -0.504 e. The van der Waals surface area contributed by atoms with Gasteiger partial charge >= 0.3 is 11.9 Å². The smallest absolute Gasteiger partial charge is 0.337 e. The molecule has 0 atom stereocenters. The Hall–Kier alpha value is -2.24. The highest BCUT2D eigenvalue weighted by Crippen LogP contribution is 2.32. The number of ether oxygens (including phenoxy) is 2. The van der Waals surface area contributed by atoms with Crippen molar-refractivity contribution in [3.63, 3.8) is 0 Å². The van der Waals surface area contributed by atoms with E-state index in [9.17, 15) is 14.7 Å². The maximum absolute atomic E-state index is 11.5. The fourth-order valence-corrected chi connectivity index (χ4v) is 1.68. The van der Waals surface area contributed by atoms with Crippen LogP contribution in [0.5, 0.6) is 11.5 Å². The number of esters is 1. The summed E-state index contributed by atoms with van der Waals surface area (Å²) >= 11 is 0. The van der Waals surface area contributed by atoms with Crippen LogP contribution in [0, 0.1) is 0 Å². The zero-order chi connectivity index (χ0) is 14.4. The number of carboxylic acid groups (broad SMARTS) is 1. The fraction of sp³-hybridized carbons (Fsp3) is 0.385. The summed E-state index contributed by atoms with van der Waals surface area (Å²) in [6.45, 7) is 0. The molecule has 6 nitrogen and oxygen atoms in total. The Balaban J connectivity index is 3.00. The third kappa shape index (κ3) is 3.87. The zero-order valence-electron chi connectivity index (χ0n) is 10.8. The molecule has 0 unspecified atom stereocenters. The standard InChI is InChI=1S/C13H16O6/c1-18-10-7-9(13(17)19-2)6-8(12(10)16)4-3-5-11(14)15/h6-7,16H,3-5H2,1-2H3,(H,14,15). The minimum atomic E-state index is -0.907. The largest absolute Gasteiger partial charge is 0.504 e. The first-order valence-corrected chi connectivity index (χ1v) is 5.69. The number of benzene rings is 1. The Kier molecular flexibility index (Phi) is 5.17. The molecule has 19 heavy (non-hydrogen) atoms. The molecule has 0 bridgehead atoms. The third-order valence-corrected chi connectivity index (χ3v) is 2.63. The van der Waals surface area contributed by atoms with E-state index in [-0.39, 0.29) is 23.5 Å². The van der Waals surface area contributed by atoms with Gasteiger partial charge in [-0.15, -0.1) is 0 Å². The SMILES string of the molecule is COC(=O)c1cc(CCCC(=O)O)c(O)c(OC)c1. The Labute approximate surface area is 110 Å². The van der Waals surface area contributed by atoms with Gasteiger partial charge in [0, 0.05) is 6.42 Å². The van der Waals surface area contributed by atoms with Crippen molar-refractivity contribution in [1.29, 1.82) is 0 Å². The number of aliphatic carboxylic acids is 1. The Morgan fingerprint density at radius 2 is 1.95 bits per heavy atom. The van der Waals surface area contributed by atoms with Crippen LogP contribution in [0.4, 0.5) is 0 Å². The molecule has 0 amide bonds. The lowest BCUT2D eigenvalue weighted by Crippen LogP contribution is -2.04. The Morgan fingerprint density at radius 3 is 2.47 bits per heavy atom. The van der Waals surface area contributed by atoms with Gasteiger partial charge in [0.1, 0.15) is 0 Å². The molecule has 1 aromatic rings. The molecule has 2 N–H and O–H groups in total. The van der Waals surface area contributed by atoms with E-state index in [1.165, 1.54) is 26.4 Å². The highest BCUT2D eigenvalue weighted by Gasteiger charge is 2.15. The molecule has 0 radical (unpaired) electrons. The van der Waals surface area contributed by atoms with E-state index in [4.69, 9.17) is 9.84 Å². The molecule has 0 fully saturated rings. The zero-order valence-corrected chi connectivity index (χ0v) is 10.8. The first kappa shape index (κ1) is 14.8. The molecular formula is C13H16O6. The molecule has 0 aliphatic rings. The first-order valence-electron chi connectivity index (χ1n) is 5.69. The van der Waals surface area contributed by atoms with Crippen molar-refractivity contribution in [3.05, 3.63) is 23.3 Å². The van der Waals surface area contributed by atoms with E-state index in [0.717, 1.165) is 0 Å². The monoisotopic (exact) mass is 268 g/mol. The van der Waals surface area contributed by atoms with Gasteiger partial charge in [0.15, 0.2) is 11.5 Å². The van der Waals surface area contributed by atoms with E-state index in [1.807, 2.05) is 0 Å². The molecule has 0 aliphatic carbocycles. The molecular weight excluding hydrogens is 252 g/mol. The Bertz CT molecular complexity index is 480. The average molecular weight is 268 g/mol. The summed E-state index contributed by atoms with van der Waals surface area (Å²) in [4.78, 5) is 21.9. The predicted molar refractivity (Wildman–Crippen MR) is 66.6 cm³/mol. The van der Waals surface area contributed by atoms with Gasteiger partial charge in [-0.05, 0) is 30.5 Å². The number of rotatable bonds is 6. The van der Waals surface area contributed by atoms with Crippen LogP contribution < -0.4 is 4.74 Å². The highest BCUT2D eigenvalue weighted by molar-refractivity contribution is 5.90. The molecule has 0 aromatic heterocycles. The van der Waals surface area contributed by atoms with Crippen molar-refractivity contribution in [2.45, 2.75) is 19.3 Å². The van der Waals surface area contributed by atoms with Crippen LogP contribution in [0.25, 0.3) is 0 Å². The molecule has 1 rings (SSSR count). The second kappa shape index (κ2) is 6.63. The lowest BCUT2D eigenvalue weighted by Gasteiger charge is -2.11. The van der Waals surface area contributed by atoms with Crippen LogP contribution >= 0.6 is 0 Å². The number of aromatic hydroxyl groups is 1. The predicted octanol–water partition coefficient (Wildman–Crippen LogP) is 1.59. The third-order valence-electron chi connectivity index (χ3n) is 2.63. The van der Waals surface area contributed by atoms with Crippen LogP contribution in [0.15, 0.2) is 12.1 Å². The van der Waals surface area contributed by atoms with Crippen LogP contribution in [-0.4, -0.2) is 36.4 Å². The second-order valence-electron chi connectivity index (χ2n) is 3.93. The Morgan fingerprint density at radius 1 is 1.26 bits per heavy atom. The lowest BCUT2D eigenvalue weighted by molar-refractivity contribution is -0.137. The van der Waals surface area contributed by atoms with Crippen molar-refractivity contribution in [2.24, 2.45) is 0 Å². The van der Waals surface area contributed by atoms with Crippen molar-refractivity contribution < 1.29 is 29.3 Å². The van der Waals surface area contributed by atoms with Gasteiger partial charge < -0.3 is 19.7 Å². The number of aryl methyl sites for hydroxylation is 1. The number of carbonyl (C=O) groups excluding carboxylic acids is 1. The molecule has 0 aliphatic heterocycles. The van der Waals surface area contributed by atoms with Gasteiger partial charge in [0.05, 0.1) is 19.8 Å². The van der Waals surface area contributed by atoms with E-state index >= 15 is 0 Å². The van der Waals surface area contributed by atoms with Crippen LogP contribution in [0.3, 0.4) is 0 Å². The summed E-state index contributed by atoms with van der Waals surface area (Å²) in [6, 6.07) is 2.85. The number of hydrogen-bond acceptors (Lipinski definition) is 5. The first-order chi connectivity index (χ1) is 8.99. The number of carbonyl (C=O) groups is 2. The number of hydrogen-bond donors (Lipinski definition) is 2. The van der Waals surface area contributed by atoms with E-state index in [1.54, 1.807) is 0 Å². The van der Waals surface area contributed by atoms with Crippen molar-refractivity contribution in [3.8, 4) is 11.5 Å². The minimum absolute atomic E-state index is 0.00971. The molecule has 104 valence electrons. The van der Waals surface area contributed by atoms with Crippen LogP contribution in [0.1, 0.15) is 28.8 Å². The molecule has 0 saturated carbocycles. The summed E-state index contributed by atoms with van der Waals surface area (Å²) in [6.07, 6.45) is 0.681. The van der Waals surface area contributed by atoms with Gasteiger partial charge in [0.2, 0.25) is 0 Å². The number of carboxylic acids is 1. The summed E-state index contributed by atoms with van der Waals surface area (Å²) in [5, 5.41) is 18.5. The van der Waals surface area contributed by atoms with E-state index < -0.39 is 11.9 Å². The maximum atomic E-state index is 11.5. The van der Waals surface area contributed by atoms with E-state index in [0.29, 0.717) is 18.4 Å². The lowest BCUT2D eigenvalue weighted by atomic mass is 10.0. The van der Waals surface area contributed by atoms with Crippen LogP contribution in [-0.2, 0) is 16.0 Å². The summed E-state index contributed by atoms with van der Waals surface area (Å²) in [7, 11) is 2.63. The van der Waals surface area contributed by atoms with Crippen LogP contribution in [0.2, 0.25) is 0 Å². The number of phenols is 1. The number of phenolic OH excluding ortho intramolecular Hbond substituents is 1. The highest BCUT2D eigenvalue weighted by atomic mass is 16.5. The molecule has 1 aromatic carbocycles. The maximum Gasteiger partial charge on any atom is 0.337 e. The molecule has 0 saturated heterocycles. The van der Waals surface area contributed by atoms with Crippen molar-refractivity contribution in [2.75, 3.05) is 14.2 Å². The molecule has 0 spiro atoms. The summed E-state index contributed by atoms with van der Waals surface area (Å²) in [5.41, 5.74) is 0.712. The van der Waals surface area contributed by atoms with E-state index in [2.05, 4.69) is 4.74 Å². The normalized spacial score (nSPS) is 10.0. The average Bonchev–Trinajstić information content (AvgIpc) is 2.39. The summed E-state index contributed by atoms with van der Waals surface area (Å²) in [5.74, 6) is -1.37. The van der Waals surface area contributed by atoms with Gasteiger partial charge in [0.25, 0.3) is 0 Å². The topological polar surface area (TPSA) is 93.1 Å². The second-order valence-corrected chi connectivity index (χ2v) is 3.93. The fourth-order valence-electron chi connectivity index (χ4n) is 1.68. The van der Waals surface area contributed by atoms with Gasteiger partial charge in [-0.3, -0.25) is 4.79 Å². The van der Waals surface area contributed by atoms with Gasteiger partial charge in [-0.2, -0.15) is 0 Å². The van der Waals surface area contributed by atoms with Gasteiger partial charge in [-0.1, -0.05) is 0 Å². The quantitative estimate of drug-likeness (QED) is 0.761. The van der Waals surface area contributed by atoms with Crippen molar-refractivity contribution in [1.82, 2.24) is 0 Å².